The zero-order chi connectivity index (χ0) is 16.4. The van der Waals surface area contributed by atoms with Crippen molar-refractivity contribution in [3.05, 3.63) is 61.2 Å². The van der Waals surface area contributed by atoms with Crippen molar-refractivity contribution in [2.24, 2.45) is 4.99 Å². The fourth-order valence-corrected chi connectivity index (χ4v) is 6.46. The number of halogens is 1. The largest absolute Gasteiger partial charge is 0.283 e. The quantitative estimate of drug-likeness (QED) is 0.702. The number of hydrazine groups is 1. The Morgan fingerprint density at radius 2 is 2.29 bits per heavy atom. The molecule has 3 aliphatic heterocycles. The molecule has 0 aromatic carbocycles. The smallest absolute Gasteiger partial charge is 0.0934 e. The van der Waals surface area contributed by atoms with Crippen LogP contribution in [0.3, 0.4) is 0 Å². The summed E-state index contributed by atoms with van der Waals surface area (Å²) in [6.07, 6.45) is 1.93. The van der Waals surface area contributed by atoms with Gasteiger partial charge in [-0.05, 0) is 35.6 Å². The van der Waals surface area contributed by atoms with Gasteiger partial charge in [-0.3, -0.25) is 10.0 Å². The van der Waals surface area contributed by atoms with E-state index in [-0.39, 0.29) is 0 Å². The number of fused-ring (bicyclic) bond motifs is 7. The molecule has 3 nitrogen and oxygen atoms in total. The van der Waals surface area contributed by atoms with Crippen LogP contribution in [0.1, 0.15) is 33.7 Å². The van der Waals surface area contributed by atoms with Gasteiger partial charge in [0.05, 0.1) is 23.1 Å². The van der Waals surface area contributed by atoms with E-state index in [1.165, 1.54) is 32.2 Å². The summed E-state index contributed by atoms with van der Waals surface area (Å²) < 4.78 is 0.881. The zero-order valence-electron chi connectivity index (χ0n) is 13.3. The lowest BCUT2D eigenvalue weighted by Gasteiger charge is -2.42. The van der Waals surface area contributed by atoms with Crippen molar-refractivity contribution in [2.45, 2.75) is 19.4 Å². The van der Waals surface area contributed by atoms with E-state index in [2.05, 4.69) is 41.0 Å². The molecule has 2 bridgehead atoms. The Labute approximate surface area is 154 Å². The molecule has 24 heavy (non-hydrogen) atoms. The van der Waals surface area contributed by atoms with Gasteiger partial charge in [-0.15, -0.1) is 22.7 Å². The Balaban J connectivity index is 1.80. The maximum absolute atomic E-state index is 6.35. The minimum Gasteiger partial charge on any atom is -0.283 e. The highest BCUT2D eigenvalue weighted by molar-refractivity contribution is 7.16. The highest BCUT2D eigenvalue weighted by atomic mass is 35.5. The average Bonchev–Trinajstić information content (AvgIpc) is 3.24. The first kappa shape index (κ1) is 14.9. The number of thiophene rings is 2. The molecule has 2 atom stereocenters. The summed E-state index contributed by atoms with van der Waals surface area (Å²) in [4.78, 5) is 7.44. The number of hydrogen-bond donors (Lipinski definition) is 0. The van der Waals surface area contributed by atoms with Crippen LogP contribution in [-0.4, -0.2) is 28.8 Å². The summed E-state index contributed by atoms with van der Waals surface area (Å²) in [5, 5.41) is 6.81. The van der Waals surface area contributed by atoms with Crippen LogP contribution in [0.4, 0.5) is 0 Å². The number of hydrogen-bond acceptors (Lipinski definition) is 5. The molecule has 3 aliphatic rings. The summed E-state index contributed by atoms with van der Waals surface area (Å²) in [6, 6.07) is 4.44. The normalized spacial score (nSPS) is 24.8. The molecule has 2 aromatic rings. The first-order valence-electron chi connectivity index (χ1n) is 7.94. The molecule has 0 saturated heterocycles. The van der Waals surface area contributed by atoms with Crippen LogP contribution in [0.5, 0.6) is 0 Å². The Kier molecular flexibility index (Phi) is 3.29. The summed E-state index contributed by atoms with van der Waals surface area (Å²) >= 11 is 9.87. The van der Waals surface area contributed by atoms with Gasteiger partial charge < -0.3 is 0 Å². The fourth-order valence-electron chi connectivity index (χ4n) is 4.03. The lowest BCUT2D eigenvalue weighted by Crippen LogP contribution is -2.44. The molecule has 6 heteroatoms. The standard InChI is InChI=1S/C18H16ClN3S2/c1-3-22-14-7-20-10(2)17(14)18-11(4-5-23-18)13-8-21(22)9-15-12(13)6-16(19)24-15/h3-6,13H,1,7-9H2,2H3. The van der Waals surface area contributed by atoms with Crippen LogP contribution in [0, 0.1) is 0 Å². The van der Waals surface area contributed by atoms with Gasteiger partial charge >= 0.3 is 0 Å². The van der Waals surface area contributed by atoms with Crippen LogP contribution in [0.2, 0.25) is 4.34 Å². The molecule has 0 fully saturated rings. The van der Waals surface area contributed by atoms with Gasteiger partial charge in [0, 0.05) is 39.7 Å². The van der Waals surface area contributed by atoms with E-state index in [0.29, 0.717) is 5.92 Å². The molecule has 0 N–H and O–H groups in total. The first-order chi connectivity index (χ1) is 11.7. The average molecular weight is 374 g/mol. The lowest BCUT2D eigenvalue weighted by atomic mass is 9.86. The van der Waals surface area contributed by atoms with Crippen molar-refractivity contribution in [2.75, 3.05) is 13.1 Å². The van der Waals surface area contributed by atoms with Crippen molar-refractivity contribution < 1.29 is 0 Å². The summed E-state index contributed by atoms with van der Waals surface area (Å²) in [6.45, 7) is 8.75. The van der Waals surface area contributed by atoms with E-state index in [1.54, 1.807) is 11.3 Å². The first-order valence-corrected chi connectivity index (χ1v) is 10.0. The van der Waals surface area contributed by atoms with Crippen LogP contribution < -0.4 is 0 Å². The topological polar surface area (TPSA) is 18.8 Å². The minimum atomic E-state index is 0.351. The van der Waals surface area contributed by atoms with Crippen molar-refractivity contribution in [3.63, 3.8) is 0 Å². The second-order valence-electron chi connectivity index (χ2n) is 6.28. The molecule has 0 aliphatic carbocycles. The lowest BCUT2D eigenvalue weighted by molar-refractivity contribution is 0.0350. The van der Waals surface area contributed by atoms with Crippen molar-refractivity contribution in [3.8, 4) is 0 Å². The minimum absolute atomic E-state index is 0.351. The molecule has 122 valence electrons. The maximum Gasteiger partial charge on any atom is 0.0934 e. The molecule has 5 rings (SSSR count). The maximum atomic E-state index is 6.35. The third-order valence-electron chi connectivity index (χ3n) is 5.08. The monoisotopic (exact) mass is 373 g/mol. The fraction of sp³-hybridized carbons (Fsp3) is 0.278. The van der Waals surface area contributed by atoms with Gasteiger partial charge in [0.2, 0.25) is 0 Å². The van der Waals surface area contributed by atoms with Crippen molar-refractivity contribution in [1.82, 2.24) is 10.0 Å². The van der Waals surface area contributed by atoms with E-state index >= 15 is 0 Å². The SMILES string of the molecule is C=CN1C2=C(C(C)=NC2)c2sccc2C2CN1Cc1sc(Cl)cc12. The molecule has 0 amide bonds. The Morgan fingerprint density at radius 1 is 1.42 bits per heavy atom. The van der Waals surface area contributed by atoms with Crippen molar-refractivity contribution >= 4 is 45.6 Å². The van der Waals surface area contributed by atoms with E-state index in [9.17, 15) is 0 Å². The molecule has 5 heterocycles. The Bertz CT molecular complexity index is 921. The Hall–Kier alpha value is -1.40. The highest BCUT2D eigenvalue weighted by Crippen LogP contribution is 2.47. The zero-order valence-corrected chi connectivity index (χ0v) is 15.6. The van der Waals surface area contributed by atoms with Crippen LogP contribution >= 0.6 is 34.3 Å². The van der Waals surface area contributed by atoms with Gasteiger partial charge in [0.1, 0.15) is 0 Å². The molecule has 2 aromatic heterocycles. The molecular formula is C18H16ClN3S2. The molecular weight excluding hydrogens is 358 g/mol. The van der Waals surface area contributed by atoms with E-state index < -0.39 is 0 Å². The molecule has 2 unspecified atom stereocenters. The number of nitrogens with zero attached hydrogens (tertiary/aromatic N) is 3. The summed E-state index contributed by atoms with van der Waals surface area (Å²) in [5.41, 5.74) is 6.47. The second-order valence-corrected chi connectivity index (χ2v) is 8.97. The summed E-state index contributed by atoms with van der Waals surface area (Å²) in [7, 11) is 0. The van der Waals surface area contributed by atoms with Gasteiger partial charge in [-0.1, -0.05) is 18.2 Å². The predicted molar refractivity (Wildman–Crippen MR) is 103 cm³/mol. The van der Waals surface area contributed by atoms with Crippen LogP contribution in [0.25, 0.3) is 5.57 Å². The van der Waals surface area contributed by atoms with Gasteiger partial charge in [-0.2, -0.15) is 0 Å². The third kappa shape index (κ3) is 1.96. The van der Waals surface area contributed by atoms with Crippen LogP contribution in [0.15, 0.2) is 41.0 Å². The van der Waals surface area contributed by atoms with E-state index in [1.807, 2.05) is 17.5 Å². The molecule has 0 spiro atoms. The van der Waals surface area contributed by atoms with Gasteiger partial charge in [-0.25, -0.2) is 5.01 Å². The predicted octanol–water partition coefficient (Wildman–Crippen LogP) is 4.97. The Morgan fingerprint density at radius 3 is 3.12 bits per heavy atom. The second kappa shape index (κ2) is 5.30. The highest BCUT2D eigenvalue weighted by Gasteiger charge is 2.38. The van der Waals surface area contributed by atoms with Crippen molar-refractivity contribution in [1.29, 1.82) is 0 Å². The third-order valence-corrected chi connectivity index (χ3v) is 7.29. The van der Waals surface area contributed by atoms with E-state index in [4.69, 9.17) is 16.6 Å². The molecule has 0 radical (unpaired) electrons. The number of allylic oxidation sites excluding steroid dienone is 1. The van der Waals surface area contributed by atoms with Crippen LogP contribution in [-0.2, 0) is 6.54 Å². The van der Waals surface area contributed by atoms with E-state index in [0.717, 1.165) is 29.7 Å². The summed E-state index contributed by atoms with van der Waals surface area (Å²) in [5.74, 6) is 0.351. The van der Waals surface area contributed by atoms with Gasteiger partial charge in [0.25, 0.3) is 0 Å². The molecule has 0 saturated carbocycles. The number of rotatable bonds is 1. The van der Waals surface area contributed by atoms with Gasteiger partial charge in [0.15, 0.2) is 0 Å². The number of aliphatic imine (C=N–C) groups is 1.